The SMILES string of the molecule is O=C(NCCOc1ccccc1)[C@@H]1CCCN(C(=O)c2cccc3ccccc23)C1. The maximum absolute atomic E-state index is 13.2. The lowest BCUT2D eigenvalue weighted by molar-refractivity contribution is -0.126. The molecular weight excluding hydrogens is 376 g/mol. The number of benzene rings is 3. The minimum atomic E-state index is -0.186. The first-order valence-electron chi connectivity index (χ1n) is 10.4. The normalized spacial score (nSPS) is 16.3. The van der Waals surface area contributed by atoms with Crippen molar-refractivity contribution in [1.29, 1.82) is 0 Å². The van der Waals surface area contributed by atoms with Gasteiger partial charge in [0.25, 0.3) is 5.91 Å². The van der Waals surface area contributed by atoms with Gasteiger partial charge in [-0.2, -0.15) is 0 Å². The summed E-state index contributed by atoms with van der Waals surface area (Å²) < 4.78 is 5.62. The van der Waals surface area contributed by atoms with E-state index in [0.29, 0.717) is 31.8 Å². The van der Waals surface area contributed by atoms with Gasteiger partial charge in [-0.25, -0.2) is 0 Å². The second-order valence-corrected chi connectivity index (χ2v) is 7.57. The molecule has 1 aliphatic heterocycles. The fraction of sp³-hybridized carbons (Fsp3) is 0.280. The first kappa shape index (κ1) is 20.0. The van der Waals surface area contributed by atoms with E-state index in [0.717, 1.165) is 29.4 Å². The fourth-order valence-corrected chi connectivity index (χ4v) is 3.96. The molecule has 5 nitrogen and oxygen atoms in total. The van der Waals surface area contributed by atoms with Crippen LogP contribution in [-0.4, -0.2) is 43.0 Å². The number of hydrogen-bond acceptors (Lipinski definition) is 3. The van der Waals surface area contributed by atoms with Crippen molar-refractivity contribution < 1.29 is 14.3 Å². The molecule has 2 amide bonds. The smallest absolute Gasteiger partial charge is 0.254 e. The van der Waals surface area contributed by atoms with E-state index in [9.17, 15) is 9.59 Å². The van der Waals surface area contributed by atoms with Crippen LogP contribution in [0.1, 0.15) is 23.2 Å². The summed E-state index contributed by atoms with van der Waals surface area (Å²) >= 11 is 0. The number of likely N-dealkylation sites (tertiary alicyclic amines) is 1. The van der Waals surface area contributed by atoms with Crippen molar-refractivity contribution in [3.63, 3.8) is 0 Å². The molecule has 5 heteroatoms. The quantitative estimate of drug-likeness (QED) is 0.637. The lowest BCUT2D eigenvalue weighted by Gasteiger charge is -2.32. The summed E-state index contributed by atoms with van der Waals surface area (Å²) in [7, 11) is 0. The van der Waals surface area contributed by atoms with E-state index < -0.39 is 0 Å². The van der Waals surface area contributed by atoms with Crippen molar-refractivity contribution in [2.45, 2.75) is 12.8 Å². The summed E-state index contributed by atoms with van der Waals surface area (Å²) in [6, 6.07) is 23.2. The molecule has 1 atom stereocenters. The van der Waals surface area contributed by atoms with Crippen molar-refractivity contribution in [3.05, 3.63) is 78.4 Å². The molecule has 0 aromatic heterocycles. The Morgan fingerprint density at radius 3 is 2.60 bits per heavy atom. The number of carbonyl (C=O) groups is 2. The third kappa shape index (κ3) is 4.62. The summed E-state index contributed by atoms with van der Waals surface area (Å²) in [6.07, 6.45) is 1.62. The van der Waals surface area contributed by atoms with Crippen LogP contribution in [-0.2, 0) is 4.79 Å². The van der Waals surface area contributed by atoms with Gasteiger partial charge >= 0.3 is 0 Å². The lowest BCUT2D eigenvalue weighted by Crippen LogP contribution is -2.46. The van der Waals surface area contributed by atoms with E-state index in [-0.39, 0.29) is 17.7 Å². The molecule has 0 spiro atoms. The second-order valence-electron chi connectivity index (χ2n) is 7.57. The van der Waals surface area contributed by atoms with Crippen molar-refractivity contribution in [1.82, 2.24) is 10.2 Å². The number of hydrogen-bond donors (Lipinski definition) is 1. The van der Waals surface area contributed by atoms with Gasteiger partial charge in [0, 0.05) is 18.7 Å². The molecule has 1 saturated heterocycles. The fourth-order valence-electron chi connectivity index (χ4n) is 3.96. The zero-order valence-electron chi connectivity index (χ0n) is 16.9. The summed E-state index contributed by atoms with van der Waals surface area (Å²) in [5, 5.41) is 4.95. The highest BCUT2D eigenvalue weighted by Crippen LogP contribution is 2.23. The Morgan fingerprint density at radius 1 is 0.967 bits per heavy atom. The maximum Gasteiger partial charge on any atom is 0.254 e. The number of nitrogens with zero attached hydrogens (tertiary/aromatic N) is 1. The van der Waals surface area contributed by atoms with E-state index in [4.69, 9.17) is 4.74 Å². The summed E-state index contributed by atoms with van der Waals surface area (Å²) in [5.74, 6) is 0.587. The van der Waals surface area contributed by atoms with Crippen LogP contribution >= 0.6 is 0 Å². The predicted molar refractivity (Wildman–Crippen MR) is 118 cm³/mol. The summed E-state index contributed by atoms with van der Waals surface area (Å²) in [6.45, 7) is 2.00. The highest BCUT2D eigenvalue weighted by molar-refractivity contribution is 6.07. The first-order valence-corrected chi connectivity index (χ1v) is 10.4. The van der Waals surface area contributed by atoms with Gasteiger partial charge in [0.1, 0.15) is 12.4 Å². The topological polar surface area (TPSA) is 58.6 Å². The predicted octanol–water partition coefficient (Wildman–Crippen LogP) is 3.89. The van der Waals surface area contributed by atoms with E-state index >= 15 is 0 Å². The van der Waals surface area contributed by atoms with Gasteiger partial charge < -0.3 is 15.0 Å². The Morgan fingerprint density at radius 2 is 1.73 bits per heavy atom. The molecule has 1 fully saturated rings. The zero-order chi connectivity index (χ0) is 20.8. The zero-order valence-corrected chi connectivity index (χ0v) is 16.9. The number of para-hydroxylation sites is 1. The van der Waals surface area contributed by atoms with E-state index in [1.807, 2.05) is 77.7 Å². The second kappa shape index (κ2) is 9.44. The molecule has 3 aromatic carbocycles. The number of rotatable bonds is 6. The molecule has 0 bridgehead atoms. The monoisotopic (exact) mass is 402 g/mol. The molecule has 154 valence electrons. The van der Waals surface area contributed by atoms with Crippen LogP contribution in [0.5, 0.6) is 5.75 Å². The van der Waals surface area contributed by atoms with Crippen molar-refractivity contribution in [2.24, 2.45) is 5.92 Å². The van der Waals surface area contributed by atoms with E-state index in [1.54, 1.807) is 0 Å². The van der Waals surface area contributed by atoms with Gasteiger partial charge in [-0.3, -0.25) is 9.59 Å². The molecule has 30 heavy (non-hydrogen) atoms. The van der Waals surface area contributed by atoms with Crippen LogP contribution in [0.2, 0.25) is 0 Å². The number of ether oxygens (including phenoxy) is 1. The van der Waals surface area contributed by atoms with Gasteiger partial charge in [-0.15, -0.1) is 0 Å². The standard InChI is InChI=1S/C25H26N2O3/c28-24(26-15-17-30-21-11-2-1-3-12-21)20-10-7-16-27(18-20)25(29)23-14-6-9-19-8-4-5-13-22(19)23/h1-6,8-9,11-14,20H,7,10,15-18H2,(H,26,28)/t20-/m1/s1. The molecule has 1 aliphatic rings. The first-order chi connectivity index (χ1) is 14.7. The van der Waals surface area contributed by atoms with Crippen molar-refractivity contribution in [3.8, 4) is 5.75 Å². The van der Waals surface area contributed by atoms with Gasteiger partial charge in [0.05, 0.1) is 12.5 Å². The van der Waals surface area contributed by atoms with E-state index in [1.165, 1.54) is 0 Å². The molecule has 0 radical (unpaired) electrons. The number of fused-ring (bicyclic) bond motifs is 1. The average Bonchev–Trinajstić information content (AvgIpc) is 2.81. The maximum atomic E-state index is 13.2. The lowest BCUT2D eigenvalue weighted by atomic mass is 9.95. The van der Waals surface area contributed by atoms with Crippen LogP contribution in [0.25, 0.3) is 10.8 Å². The van der Waals surface area contributed by atoms with Crippen LogP contribution in [0, 0.1) is 5.92 Å². The van der Waals surface area contributed by atoms with Gasteiger partial charge in [-0.1, -0.05) is 54.6 Å². The van der Waals surface area contributed by atoms with Crippen LogP contribution in [0.4, 0.5) is 0 Å². The highest BCUT2D eigenvalue weighted by atomic mass is 16.5. The Labute approximate surface area is 176 Å². The Kier molecular flexibility index (Phi) is 6.28. The molecule has 1 heterocycles. The molecule has 4 rings (SSSR count). The number of amides is 2. The molecule has 1 N–H and O–H groups in total. The van der Waals surface area contributed by atoms with Crippen molar-refractivity contribution in [2.75, 3.05) is 26.2 Å². The number of nitrogens with one attached hydrogen (secondary N) is 1. The van der Waals surface area contributed by atoms with Gasteiger partial charge in [-0.05, 0) is 41.8 Å². The minimum absolute atomic E-state index is 0.00305. The van der Waals surface area contributed by atoms with Crippen LogP contribution in [0.15, 0.2) is 72.8 Å². The molecular formula is C25H26N2O3. The molecule has 0 aliphatic carbocycles. The molecule has 3 aromatic rings. The summed E-state index contributed by atoms with van der Waals surface area (Å²) in [4.78, 5) is 27.6. The van der Waals surface area contributed by atoms with Gasteiger partial charge in [0.2, 0.25) is 5.91 Å². The molecule has 0 saturated carbocycles. The van der Waals surface area contributed by atoms with Crippen molar-refractivity contribution >= 4 is 22.6 Å². The third-order valence-electron chi connectivity index (χ3n) is 5.51. The largest absolute Gasteiger partial charge is 0.492 e. The average molecular weight is 402 g/mol. The molecule has 0 unspecified atom stereocenters. The van der Waals surface area contributed by atoms with Crippen LogP contribution < -0.4 is 10.1 Å². The minimum Gasteiger partial charge on any atom is -0.492 e. The third-order valence-corrected chi connectivity index (χ3v) is 5.51. The van der Waals surface area contributed by atoms with Gasteiger partial charge in [0.15, 0.2) is 0 Å². The Balaban J connectivity index is 1.33. The summed E-state index contributed by atoms with van der Waals surface area (Å²) in [5.41, 5.74) is 0.699. The Hall–Kier alpha value is -3.34. The Bertz CT molecular complexity index is 1010. The number of carbonyl (C=O) groups excluding carboxylic acids is 2. The number of piperidine rings is 1. The highest BCUT2D eigenvalue weighted by Gasteiger charge is 2.29. The van der Waals surface area contributed by atoms with Crippen LogP contribution in [0.3, 0.4) is 0 Å². The van der Waals surface area contributed by atoms with E-state index in [2.05, 4.69) is 5.32 Å².